The minimum atomic E-state index is -1.35. The summed E-state index contributed by atoms with van der Waals surface area (Å²) >= 11 is 0. The van der Waals surface area contributed by atoms with Gasteiger partial charge in [-0.2, -0.15) is 0 Å². The Morgan fingerprint density at radius 1 is 1.21 bits per heavy atom. The van der Waals surface area contributed by atoms with E-state index in [0.717, 1.165) is 31.6 Å². The summed E-state index contributed by atoms with van der Waals surface area (Å²) < 4.78 is 0. The van der Waals surface area contributed by atoms with Crippen LogP contribution in [0.3, 0.4) is 0 Å². The number of Topliss-reactive ketones (excluding diaryl/α,β-unsaturated/α-hetero) is 1. The van der Waals surface area contributed by atoms with E-state index < -0.39 is 23.1 Å². The standard InChI is InChI=1S/C14H23NO4/c1-9-5-7-11(8-6-9)14(3,4)19-15-12(10(2)16)13(17)18/h9,11H,5-8H2,1-4H3,(H,17,18). The summed E-state index contributed by atoms with van der Waals surface area (Å²) in [6, 6.07) is 0. The van der Waals surface area contributed by atoms with Crippen molar-refractivity contribution in [2.24, 2.45) is 17.0 Å². The van der Waals surface area contributed by atoms with Crippen LogP contribution in [0, 0.1) is 11.8 Å². The number of carboxylic acids is 1. The van der Waals surface area contributed by atoms with Gasteiger partial charge < -0.3 is 9.94 Å². The first-order chi connectivity index (χ1) is 8.74. The Morgan fingerprint density at radius 3 is 2.16 bits per heavy atom. The van der Waals surface area contributed by atoms with Crippen LogP contribution in [0.1, 0.15) is 53.4 Å². The lowest BCUT2D eigenvalue weighted by Crippen LogP contribution is -2.36. The zero-order valence-corrected chi connectivity index (χ0v) is 12.1. The highest BCUT2D eigenvalue weighted by atomic mass is 16.7. The summed E-state index contributed by atoms with van der Waals surface area (Å²) in [5.41, 5.74) is -1.09. The number of rotatable bonds is 5. The molecule has 0 unspecified atom stereocenters. The average molecular weight is 269 g/mol. The fourth-order valence-corrected chi connectivity index (χ4v) is 2.45. The monoisotopic (exact) mass is 269 g/mol. The molecular formula is C14H23NO4. The summed E-state index contributed by atoms with van der Waals surface area (Å²) in [6.45, 7) is 7.21. The van der Waals surface area contributed by atoms with E-state index in [1.165, 1.54) is 6.92 Å². The van der Waals surface area contributed by atoms with Crippen molar-refractivity contribution in [1.82, 2.24) is 0 Å². The van der Waals surface area contributed by atoms with Crippen LogP contribution in [0.2, 0.25) is 0 Å². The number of carboxylic acid groups (broad SMARTS) is 1. The topological polar surface area (TPSA) is 76.0 Å². The van der Waals surface area contributed by atoms with Crippen molar-refractivity contribution in [3.8, 4) is 0 Å². The molecule has 1 rings (SSSR count). The van der Waals surface area contributed by atoms with Gasteiger partial charge in [0.2, 0.25) is 5.71 Å². The second-order valence-corrected chi connectivity index (χ2v) is 5.95. The molecule has 0 aromatic carbocycles. The van der Waals surface area contributed by atoms with Gasteiger partial charge in [-0.15, -0.1) is 0 Å². The lowest BCUT2D eigenvalue weighted by molar-refractivity contribution is -0.131. The largest absolute Gasteiger partial charge is 0.476 e. The molecule has 0 amide bonds. The number of nitrogens with zero attached hydrogens (tertiary/aromatic N) is 1. The van der Waals surface area contributed by atoms with Crippen molar-refractivity contribution in [2.75, 3.05) is 0 Å². The van der Waals surface area contributed by atoms with Crippen molar-refractivity contribution >= 4 is 17.5 Å². The Labute approximate surface area is 114 Å². The molecule has 0 spiro atoms. The van der Waals surface area contributed by atoms with E-state index in [9.17, 15) is 9.59 Å². The van der Waals surface area contributed by atoms with Gasteiger partial charge in [-0.05, 0) is 32.6 Å². The second kappa shape index (κ2) is 6.17. The molecule has 0 aromatic rings. The fraction of sp³-hybridized carbons (Fsp3) is 0.786. The number of carbonyl (C=O) groups is 2. The third-order valence-corrected chi connectivity index (χ3v) is 3.91. The number of ketones is 1. The van der Waals surface area contributed by atoms with Crippen molar-refractivity contribution in [2.45, 2.75) is 59.0 Å². The summed E-state index contributed by atoms with van der Waals surface area (Å²) in [5, 5.41) is 12.4. The molecule has 108 valence electrons. The second-order valence-electron chi connectivity index (χ2n) is 5.95. The highest BCUT2D eigenvalue weighted by molar-refractivity contribution is 6.63. The first-order valence-electron chi connectivity index (χ1n) is 6.74. The molecule has 5 nitrogen and oxygen atoms in total. The normalized spacial score (nSPS) is 24.9. The minimum Gasteiger partial charge on any atom is -0.476 e. The van der Waals surface area contributed by atoms with E-state index in [-0.39, 0.29) is 0 Å². The third-order valence-electron chi connectivity index (χ3n) is 3.91. The Balaban J connectivity index is 2.70. The van der Waals surface area contributed by atoms with Gasteiger partial charge in [0.1, 0.15) is 5.60 Å². The molecule has 0 aliphatic heterocycles. The maximum Gasteiger partial charge on any atom is 0.361 e. The van der Waals surface area contributed by atoms with Gasteiger partial charge in [0.05, 0.1) is 0 Å². The van der Waals surface area contributed by atoms with Gasteiger partial charge in [0.15, 0.2) is 5.78 Å². The Morgan fingerprint density at radius 2 is 1.74 bits per heavy atom. The fourth-order valence-electron chi connectivity index (χ4n) is 2.45. The van der Waals surface area contributed by atoms with E-state index in [2.05, 4.69) is 12.1 Å². The summed E-state index contributed by atoms with van der Waals surface area (Å²) in [7, 11) is 0. The molecule has 0 bridgehead atoms. The molecule has 1 fully saturated rings. The number of aliphatic carboxylic acids is 1. The van der Waals surface area contributed by atoms with Crippen molar-refractivity contribution < 1.29 is 19.5 Å². The first kappa shape index (κ1) is 15.7. The quantitative estimate of drug-likeness (QED) is 0.473. The summed E-state index contributed by atoms with van der Waals surface area (Å²) in [6.07, 6.45) is 4.40. The predicted molar refractivity (Wildman–Crippen MR) is 72.0 cm³/mol. The highest BCUT2D eigenvalue weighted by Gasteiger charge is 2.35. The molecule has 0 aromatic heterocycles. The molecule has 5 heteroatoms. The molecule has 1 aliphatic carbocycles. The third kappa shape index (κ3) is 4.33. The van der Waals surface area contributed by atoms with Gasteiger partial charge >= 0.3 is 5.97 Å². The van der Waals surface area contributed by atoms with Crippen molar-refractivity contribution in [3.05, 3.63) is 0 Å². The first-order valence-corrected chi connectivity index (χ1v) is 6.74. The molecule has 19 heavy (non-hydrogen) atoms. The zero-order chi connectivity index (χ0) is 14.6. The van der Waals surface area contributed by atoms with Crippen molar-refractivity contribution in [1.29, 1.82) is 0 Å². The molecule has 0 heterocycles. The summed E-state index contributed by atoms with van der Waals surface area (Å²) in [4.78, 5) is 27.4. The van der Waals surface area contributed by atoms with Crippen LogP contribution in [0.15, 0.2) is 5.16 Å². The Kier molecular flexibility index (Phi) is 5.09. The van der Waals surface area contributed by atoms with Crippen LogP contribution >= 0.6 is 0 Å². The molecule has 1 N–H and O–H groups in total. The predicted octanol–water partition coefficient (Wildman–Crippen LogP) is 2.64. The highest BCUT2D eigenvalue weighted by Crippen LogP contribution is 2.37. The maximum atomic E-state index is 11.1. The SMILES string of the molecule is CC(=O)C(=NOC(C)(C)C1CCC(C)CC1)C(=O)O. The van der Waals surface area contributed by atoms with E-state index in [1.54, 1.807) is 0 Å². The van der Waals surface area contributed by atoms with Gasteiger partial charge in [0, 0.05) is 12.8 Å². The van der Waals surface area contributed by atoms with Gasteiger partial charge in [-0.3, -0.25) is 4.79 Å². The van der Waals surface area contributed by atoms with E-state index in [4.69, 9.17) is 9.94 Å². The van der Waals surface area contributed by atoms with Gasteiger partial charge in [-0.1, -0.05) is 24.9 Å². The number of carbonyl (C=O) groups excluding carboxylic acids is 1. The lowest BCUT2D eigenvalue weighted by atomic mass is 9.75. The maximum absolute atomic E-state index is 11.1. The zero-order valence-electron chi connectivity index (χ0n) is 12.1. The van der Waals surface area contributed by atoms with E-state index in [1.807, 2.05) is 13.8 Å². The van der Waals surface area contributed by atoms with Crippen LogP contribution in [-0.4, -0.2) is 28.2 Å². The van der Waals surface area contributed by atoms with Crippen LogP contribution in [0.4, 0.5) is 0 Å². The van der Waals surface area contributed by atoms with Gasteiger partial charge in [0.25, 0.3) is 0 Å². The van der Waals surface area contributed by atoms with E-state index >= 15 is 0 Å². The lowest BCUT2D eigenvalue weighted by Gasteiger charge is -2.36. The molecule has 1 aliphatic rings. The van der Waals surface area contributed by atoms with Gasteiger partial charge in [-0.25, -0.2) is 4.79 Å². The molecule has 0 atom stereocenters. The molecule has 0 radical (unpaired) electrons. The van der Waals surface area contributed by atoms with Crippen LogP contribution < -0.4 is 0 Å². The van der Waals surface area contributed by atoms with Crippen LogP contribution in [0.25, 0.3) is 0 Å². The summed E-state index contributed by atoms with van der Waals surface area (Å²) in [5.74, 6) is -0.863. The molecular weight excluding hydrogens is 246 g/mol. The Bertz CT molecular complexity index is 363. The number of hydrogen-bond acceptors (Lipinski definition) is 4. The van der Waals surface area contributed by atoms with Crippen LogP contribution in [-0.2, 0) is 14.4 Å². The van der Waals surface area contributed by atoms with Crippen molar-refractivity contribution in [3.63, 3.8) is 0 Å². The number of oxime groups is 1. The molecule has 1 saturated carbocycles. The van der Waals surface area contributed by atoms with Crippen LogP contribution in [0.5, 0.6) is 0 Å². The molecule has 0 saturated heterocycles. The average Bonchev–Trinajstić information content (AvgIpc) is 2.28. The minimum absolute atomic E-state index is 0.342. The Hall–Kier alpha value is -1.39. The smallest absolute Gasteiger partial charge is 0.361 e. The van der Waals surface area contributed by atoms with E-state index in [0.29, 0.717) is 5.92 Å². The number of hydrogen-bond donors (Lipinski definition) is 1.